The van der Waals surface area contributed by atoms with Crippen molar-refractivity contribution in [1.82, 2.24) is 10.3 Å². The number of nitrogens with one attached hydrogen (secondary N) is 2. The predicted molar refractivity (Wildman–Crippen MR) is 127 cm³/mol. The van der Waals surface area contributed by atoms with Gasteiger partial charge in [-0.2, -0.15) is 5.26 Å². The Kier molecular flexibility index (Phi) is 7.57. The molecule has 2 aromatic carbocycles. The molecule has 1 heterocycles. The minimum atomic E-state index is -0.248. The number of fused-ring (bicyclic) bond motifs is 1. The molecule has 0 aliphatic carbocycles. The zero-order chi connectivity index (χ0) is 24.0. The van der Waals surface area contributed by atoms with Gasteiger partial charge in [0.2, 0.25) is 5.75 Å². The number of nitrogens with zero attached hydrogens (tertiary/aromatic N) is 2. The Bertz CT molecular complexity index is 1190. The number of amides is 1. The second-order valence-corrected chi connectivity index (χ2v) is 7.53. The number of nitriles is 1. The van der Waals surface area contributed by atoms with Crippen molar-refractivity contribution >= 4 is 22.6 Å². The molecule has 0 bridgehead atoms. The van der Waals surface area contributed by atoms with Crippen LogP contribution in [0, 0.1) is 25.2 Å². The summed E-state index contributed by atoms with van der Waals surface area (Å²) < 4.78 is 15.9. The summed E-state index contributed by atoms with van der Waals surface area (Å²) in [6.07, 6.45) is 0.646. The van der Waals surface area contributed by atoms with Gasteiger partial charge in [-0.1, -0.05) is 12.1 Å². The van der Waals surface area contributed by atoms with Crippen molar-refractivity contribution < 1.29 is 19.0 Å². The van der Waals surface area contributed by atoms with Crippen molar-refractivity contribution in [2.45, 2.75) is 20.3 Å². The third kappa shape index (κ3) is 5.09. The number of methoxy groups -OCH3 is 3. The number of benzene rings is 2. The Morgan fingerprint density at radius 2 is 1.73 bits per heavy atom. The minimum Gasteiger partial charge on any atom is -0.493 e. The van der Waals surface area contributed by atoms with Crippen molar-refractivity contribution in [3.8, 4) is 23.3 Å². The summed E-state index contributed by atoms with van der Waals surface area (Å²) in [5.41, 5.74) is 4.03. The Balaban J connectivity index is 1.62. The molecule has 0 aliphatic rings. The number of aryl methyl sites for hydroxylation is 2. The van der Waals surface area contributed by atoms with Crippen LogP contribution in [-0.2, 0) is 0 Å². The number of hydrogen-bond acceptors (Lipinski definition) is 7. The summed E-state index contributed by atoms with van der Waals surface area (Å²) in [5, 5.41) is 16.6. The Hall–Kier alpha value is -3.99. The monoisotopic (exact) mass is 448 g/mol. The van der Waals surface area contributed by atoms with Gasteiger partial charge in [-0.15, -0.1) is 0 Å². The molecule has 0 unspecified atom stereocenters. The van der Waals surface area contributed by atoms with Gasteiger partial charge in [0.25, 0.3) is 5.91 Å². The number of ether oxygens (including phenoxy) is 3. The van der Waals surface area contributed by atoms with Crippen LogP contribution in [0.2, 0.25) is 0 Å². The fourth-order valence-corrected chi connectivity index (χ4v) is 3.51. The van der Waals surface area contributed by atoms with Crippen LogP contribution in [0.4, 0.5) is 5.82 Å². The van der Waals surface area contributed by atoms with Gasteiger partial charge in [-0.25, -0.2) is 4.98 Å². The molecule has 0 spiro atoms. The lowest BCUT2D eigenvalue weighted by Gasteiger charge is -2.14. The summed E-state index contributed by atoms with van der Waals surface area (Å²) in [6, 6.07) is 11.3. The van der Waals surface area contributed by atoms with Gasteiger partial charge < -0.3 is 24.8 Å². The highest BCUT2D eigenvalue weighted by Gasteiger charge is 2.17. The molecule has 2 N–H and O–H groups in total. The van der Waals surface area contributed by atoms with Crippen molar-refractivity contribution in [3.05, 3.63) is 52.6 Å². The molecule has 1 amide bonds. The van der Waals surface area contributed by atoms with Crippen LogP contribution in [0.1, 0.15) is 33.5 Å². The van der Waals surface area contributed by atoms with E-state index < -0.39 is 0 Å². The van der Waals surface area contributed by atoms with E-state index in [0.717, 1.165) is 22.0 Å². The van der Waals surface area contributed by atoms with Crippen molar-refractivity contribution in [3.63, 3.8) is 0 Å². The number of rotatable bonds is 9. The Morgan fingerprint density at radius 3 is 2.33 bits per heavy atom. The predicted octanol–water partition coefficient (Wildman–Crippen LogP) is 3.98. The van der Waals surface area contributed by atoms with Crippen molar-refractivity contribution in [1.29, 1.82) is 5.26 Å². The summed E-state index contributed by atoms with van der Waals surface area (Å²) >= 11 is 0. The molecule has 0 atom stereocenters. The molecule has 0 saturated carbocycles. The van der Waals surface area contributed by atoms with Gasteiger partial charge in [-0.05, 0) is 49.6 Å². The van der Waals surface area contributed by atoms with Crippen LogP contribution in [-0.4, -0.2) is 45.3 Å². The Labute approximate surface area is 193 Å². The molecule has 0 aliphatic heterocycles. The van der Waals surface area contributed by atoms with Crippen LogP contribution in [0.15, 0.2) is 30.3 Å². The van der Waals surface area contributed by atoms with Gasteiger partial charge >= 0.3 is 0 Å². The van der Waals surface area contributed by atoms with Gasteiger partial charge in [-0.3, -0.25) is 4.79 Å². The number of carbonyl (C=O) groups is 1. The summed E-state index contributed by atoms with van der Waals surface area (Å²) in [4.78, 5) is 17.3. The molecule has 172 valence electrons. The number of pyridine rings is 1. The molecule has 1 aromatic heterocycles. The molecule has 0 fully saturated rings. The molecule has 3 aromatic rings. The number of anilines is 1. The highest BCUT2D eigenvalue weighted by atomic mass is 16.5. The molecule has 33 heavy (non-hydrogen) atoms. The second-order valence-electron chi connectivity index (χ2n) is 7.53. The lowest BCUT2D eigenvalue weighted by atomic mass is 10.0. The normalized spacial score (nSPS) is 10.4. The largest absolute Gasteiger partial charge is 0.493 e. The first-order valence-corrected chi connectivity index (χ1v) is 10.6. The molecule has 0 saturated heterocycles. The van der Waals surface area contributed by atoms with E-state index in [-0.39, 0.29) is 5.91 Å². The molecule has 8 nitrogen and oxygen atoms in total. The minimum absolute atomic E-state index is 0.248. The van der Waals surface area contributed by atoms with E-state index in [1.165, 1.54) is 21.3 Å². The first-order chi connectivity index (χ1) is 15.9. The third-order valence-corrected chi connectivity index (χ3v) is 5.49. The SMILES string of the molecule is COc1cc(C(=O)NCCCNc2nc3c(C)c(C)ccc3cc2C#N)cc(OC)c1OC. The lowest BCUT2D eigenvalue weighted by molar-refractivity contribution is 0.0952. The average molecular weight is 449 g/mol. The van der Waals surface area contributed by atoms with E-state index in [9.17, 15) is 10.1 Å². The van der Waals surface area contributed by atoms with E-state index >= 15 is 0 Å². The highest BCUT2D eigenvalue weighted by Crippen LogP contribution is 2.38. The fraction of sp³-hybridized carbons (Fsp3) is 0.320. The fourth-order valence-electron chi connectivity index (χ4n) is 3.51. The molecule has 0 radical (unpaired) electrons. The zero-order valence-corrected chi connectivity index (χ0v) is 19.5. The molecular weight excluding hydrogens is 420 g/mol. The lowest BCUT2D eigenvalue weighted by Crippen LogP contribution is -2.26. The van der Waals surface area contributed by atoms with Crippen LogP contribution >= 0.6 is 0 Å². The quantitative estimate of drug-likeness (QED) is 0.477. The first kappa shape index (κ1) is 23.7. The summed E-state index contributed by atoms with van der Waals surface area (Å²) in [7, 11) is 4.52. The number of hydrogen-bond donors (Lipinski definition) is 2. The summed E-state index contributed by atoms with van der Waals surface area (Å²) in [6.45, 7) is 5.06. The van der Waals surface area contributed by atoms with Gasteiger partial charge in [0, 0.05) is 24.0 Å². The van der Waals surface area contributed by atoms with Gasteiger partial charge in [0.15, 0.2) is 11.5 Å². The maximum atomic E-state index is 12.6. The van der Waals surface area contributed by atoms with Crippen LogP contribution in [0.5, 0.6) is 17.2 Å². The first-order valence-electron chi connectivity index (χ1n) is 10.6. The standard InChI is InChI=1S/C25H28N4O4/c1-15-7-8-17-11-19(14-26)24(29-22(17)16(15)2)27-9-6-10-28-25(30)18-12-20(31-3)23(33-5)21(13-18)32-4/h7-8,11-13H,6,9-10H2,1-5H3,(H,27,29)(H,28,30). The second kappa shape index (κ2) is 10.6. The Morgan fingerprint density at radius 1 is 1.03 bits per heavy atom. The summed E-state index contributed by atoms with van der Waals surface area (Å²) in [5.74, 6) is 1.57. The van der Waals surface area contributed by atoms with Crippen LogP contribution in [0.3, 0.4) is 0 Å². The average Bonchev–Trinajstić information content (AvgIpc) is 2.84. The highest BCUT2D eigenvalue weighted by molar-refractivity contribution is 5.95. The van der Waals surface area contributed by atoms with E-state index in [2.05, 4.69) is 21.7 Å². The number of aromatic nitrogens is 1. The van der Waals surface area contributed by atoms with Crippen molar-refractivity contribution in [2.24, 2.45) is 0 Å². The maximum Gasteiger partial charge on any atom is 0.251 e. The smallest absolute Gasteiger partial charge is 0.251 e. The van der Waals surface area contributed by atoms with Crippen LogP contribution in [0.25, 0.3) is 10.9 Å². The zero-order valence-electron chi connectivity index (χ0n) is 19.5. The third-order valence-electron chi connectivity index (χ3n) is 5.49. The molecule has 3 rings (SSSR count). The van der Waals surface area contributed by atoms with Gasteiger partial charge in [0.1, 0.15) is 11.9 Å². The van der Waals surface area contributed by atoms with E-state index in [1.807, 2.05) is 32.0 Å². The maximum absolute atomic E-state index is 12.6. The van der Waals surface area contributed by atoms with E-state index in [1.54, 1.807) is 12.1 Å². The van der Waals surface area contributed by atoms with E-state index in [4.69, 9.17) is 14.2 Å². The van der Waals surface area contributed by atoms with Crippen LogP contribution < -0.4 is 24.8 Å². The topological polar surface area (TPSA) is 106 Å². The van der Waals surface area contributed by atoms with Crippen molar-refractivity contribution in [2.75, 3.05) is 39.7 Å². The molecule has 8 heteroatoms. The van der Waals surface area contributed by atoms with Gasteiger partial charge in [0.05, 0.1) is 32.4 Å². The van der Waals surface area contributed by atoms with E-state index in [0.29, 0.717) is 53.7 Å². The molecular formula is C25H28N4O4. The number of carbonyl (C=O) groups excluding carboxylic acids is 1.